The highest BCUT2D eigenvalue weighted by Crippen LogP contribution is 2.35. The normalized spacial score (nSPS) is 17.6. The summed E-state index contributed by atoms with van der Waals surface area (Å²) in [5, 5.41) is 2.93. The number of benzene rings is 2. The molecule has 0 aromatic heterocycles. The van der Waals surface area contributed by atoms with E-state index in [9.17, 15) is 4.79 Å². The number of nitrogens with one attached hydrogen (secondary N) is 1. The van der Waals surface area contributed by atoms with Crippen LogP contribution in [-0.4, -0.2) is 35.7 Å². The van der Waals surface area contributed by atoms with Crippen LogP contribution in [0.5, 0.6) is 0 Å². The molecule has 2 aromatic carbocycles. The molecule has 1 fully saturated rings. The number of likely N-dealkylation sites (tertiary alicyclic amines) is 1. The fourth-order valence-electron chi connectivity index (χ4n) is 3.38. The molecule has 0 spiro atoms. The maximum absolute atomic E-state index is 12.0. The molecule has 0 radical (unpaired) electrons. The molecule has 1 atom stereocenters. The Morgan fingerprint density at radius 3 is 2.04 bits per heavy atom. The van der Waals surface area contributed by atoms with Gasteiger partial charge < -0.3 is 10.1 Å². The van der Waals surface area contributed by atoms with Crippen LogP contribution >= 0.6 is 0 Å². The van der Waals surface area contributed by atoms with Crippen LogP contribution in [0.25, 0.3) is 0 Å². The van der Waals surface area contributed by atoms with Crippen molar-refractivity contribution in [2.75, 3.05) is 13.1 Å². The number of carbonyl (C=O) groups excluding carboxylic acids is 1. The largest absolute Gasteiger partial charge is 0.444 e. The highest BCUT2D eigenvalue weighted by molar-refractivity contribution is 5.67. The number of hydrogen-bond acceptors (Lipinski definition) is 3. The summed E-state index contributed by atoms with van der Waals surface area (Å²) in [7, 11) is 0. The zero-order valence-corrected chi connectivity index (χ0v) is 15.8. The Morgan fingerprint density at radius 2 is 1.62 bits per heavy atom. The lowest BCUT2D eigenvalue weighted by Gasteiger charge is -2.46. The first-order chi connectivity index (χ1) is 12.4. The Kier molecular flexibility index (Phi) is 5.62. The molecule has 26 heavy (non-hydrogen) atoms. The molecule has 1 unspecified atom stereocenters. The number of nitrogens with zero attached hydrogens (tertiary/aromatic N) is 1. The van der Waals surface area contributed by atoms with Gasteiger partial charge in [-0.2, -0.15) is 0 Å². The van der Waals surface area contributed by atoms with Gasteiger partial charge in [0.1, 0.15) is 5.60 Å². The first kappa shape index (κ1) is 18.5. The van der Waals surface area contributed by atoms with Crippen LogP contribution in [0.3, 0.4) is 0 Å². The van der Waals surface area contributed by atoms with E-state index in [0.717, 1.165) is 13.0 Å². The Hall–Kier alpha value is -2.33. The highest BCUT2D eigenvalue weighted by atomic mass is 16.6. The fraction of sp³-hybridized carbons (Fsp3) is 0.409. The number of amides is 1. The maximum Gasteiger partial charge on any atom is 0.407 e. The van der Waals surface area contributed by atoms with E-state index in [0.29, 0.717) is 12.6 Å². The number of hydrogen-bond donors (Lipinski definition) is 1. The minimum absolute atomic E-state index is 0.205. The Labute approximate surface area is 156 Å². The lowest BCUT2D eigenvalue weighted by Crippen LogP contribution is -2.55. The van der Waals surface area contributed by atoms with Crippen LogP contribution in [0.1, 0.15) is 44.4 Å². The summed E-state index contributed by atoms with van der Waals surface area (Å²) < 4.78 is 5.35. The molecule has 4 nitrogen and oxygen atoms in total. The summed E-state index contributed by atoms with van der Waals surface area (Å²) in [4.78, 5) is 14.4. The third kappa shape index (κ3) is 4.64. The van der Waals surface area contributed by atoms with Crippen molar-refractivity contribution < 1.29 is 9.53 Å². The van der Waals surface area contributed by atoms with Gasteiger partial charge in [0.05, 0.1) is 6.04 Å². The quantitative estimate of drug-likeness (QED) is 0.868. The van der Waals surface area contributed by atoms with Crippen molar-refractivity contribution in [2.45, 2.75) is 44.9 Å². The molecule has 1 saturated heterocycles. The van der Waals surface area contributed by atoms with Gasteiger partial charge in [-0.15, -0.1) is 0 Å². The van der Waals surface area contributed by atoms with Gasteiger partial charge in [-0.3, -0.25) is 4.90 Å². The van der Waals surface area contributed by atoms with Gasteiger partial charge in [-0.05, 0) is 38.3 Å². The van der Waals surface area contributed by atoms with Crippen molar-refractivity contribution in [2.24, 2.45) is 0 Å². The molecule has 3 rings (SSSR count). The van der Waals surface area contributed by atoms with Gasteiger partial charge >= 0.3 is 6.09 Å². The predicted octanol–water partition coefficient (Wildman–Crippen LogP) is 4.38. The molecular formula is C22H28N2O2. The molecule has 1 aliphatic rings. The van der Waals surface area contributed by atoms with Gasteiger partial charge in [-0.25, -0.2) is 4.79 Å². The van der Waals surface area contributed by atoms with Crippen LogP contribution in [-0.2, 0) is 4.74 Å². The zero-order chi connectivity index (χ0) is 18.6. The molecule has 138 valence electrons. The molecule has 2 aromatic rings. The number of ether oxygens (including phenoxy) is 1. The molecule has 4 heteroatoms. The standard InChI is InChI=1S/C22H28N2O2/c1-22(2,3)26-21(25)23-16-19-14-15-24(19)20(17-10-6-4-7-11-17)18-12-8-5-9-13-18/h4-13,19-20H,14-16H2,1-3H3,(H,23,25). The summed E-state index contributed by atoms with van der Waals surface area (Å²) in [5.41, 5.74) is 2.08. The van der Waals surface area contributed by atoms with E-state index < -0.39 is 5.60 Å². The van der Waals surface area contributed by atoms with E-state index in [-0.39, 0.29) is 12.1 Å². The third-order valence-electron chi connectivity index (χ3n) is 4.63. The second-order valence-corrected chi connectivity index (χ2v) is 7.79. The van der Waals surface area contributed by atoms with Crippen molar-refractivity contribution in [1.82, 2.24) is 10.2 Å². The van der Waals surface area contributed by atoms with Crippen LogP contribution in [0.2, 0.25) is 0 Å². The fourth-order valence-corrected chi connectivity index (χ4v) is 3.38. The molecule has 0 aliphatic carbocycles. The van der Waals surface area contributed by atoms with Gasteiger partial charge in [0.15, 0.2) is 0 Å². The molecule has 1 amide bonds. The predicted molar refractivity (Wildman–Crippen MR) is 104 cm³/mol. The summed E-state index contributed by atoms with van der Waals surface area (Å²) in [6.07, 6.45) is 0.728. The second-order valence-electron chi connectivity index (χ2n) is 7.79. The van der Waals surface area contributed by atoms with E-state index in [1.807, 2.05) is 32.9 Å². The summed E-state index contributed by atoms with van der Waals surface area (Å²) in [6, 6.07) is 21.6. The van der Waals surface area contributed by atoms with Crippen molar-refractivity contribution in [3.63, 3.8) is 0 Å². The summed E-state index contributed by atoms with van der Waals surface area (Å²) >= 11 is 0. The molecule has 0 bridgehead atoms. The molecule has 0 saturated carbocycles. The lowest BCUT2D eigenvalue weighted by atomic mass is 9.90. The lowest BCUT2D eigenvalue weighted by molar-refractivity contribution is 0.0368. The molecular weight excluding hydrogens is 324 g/mol. The van der Waals surface area contributed by atoms with Crippen LogP contribution in [0.4, 0.5) is 4.79 Å². The molecule has 1 aliphatic heterocycles. The third-order valence-corrected chi connectivity index (χ3v) is 4.63. The Balaban J connectivity index is 1.71. The monoisotopic (exact) mass is 352 g/mol. The zero-order valence-electron chi connectivity index (χ0n) is 15.8. The molecule has 1 N–H and O–H groups in total. The SMILES string of the molecule is CC(C)(C)OC(=O)NCC1CCN1C(c1ccccc1)c1ccccc1. The topological polar surface area (TPSA) is 41.6 Å². The minimum Gasteiger partial charge on any atom is -0.444 e. The van der Waals surface area contributed by atoms with Gasteiger partial charge in [-0.1, -0.05) is 60.7 Å². The smallest absolute Gasteiger partial charge is 0.407 e. The average Bonchev–Trinajstić information content (AvgIpc) is 2.58. The van der Waals surface area contributed by atoms with E-state index in [1.165, 1.54) is 11.1 Å². The van der Waals surface area contributed by atoms with Crippen molar-refractivity contribution in [1.29, 1.82) is 0 Å². The van der Waals surface area contributed by atoms with Gasteiger partial charge in [0, 0.05) is 19.1 Å². The van der Waals surface area contributed by atoms with Gasteiger partial charge in [0.2, 0.25) is 0 Å². The van der Waals surface area contributed by atoms with Crippen LogP contribution in [0, 0.1) is 0 Å². The maximum atomic E-state index is 12.0. The average molecular weight is 352 g/mol. The van der Waals surface area contributed by atoms with Crippen molar-refractivity contribution >= 4 is 6.09 Å². The number of alkyl carbamates (subject to hydrolysis) is 1. The first-order valence-corrected chi connectivity index (χ1v) is 9.26. The van der Waals surface area contributed by atoms with E-state index in [2.05, 4.69) is 58.7 Å². The Morgan fingerprint density at radius 1 is 1.08 bits per heavy atom. The second kappa shape index (κ2) is 7.92. The van der Waals surface area contributed by atoms with Gasteiger partial charge in [0.25, 0.3) is 0 Å². The van der Waals surface area contributed by atoms with Crippen molar-refractivity contribution in [3.05, 3.63) is 71.8 Å². The number of carbonyl (C=O) groups is 1. The minimum atomic E-state index is -0.472. The van der Waals surface area contributed by atoms with Crippen LogP contribution < -0.4 is 5.32 Å². The molecule has 1 heterocycles. The Bertz CT molecular complexity index is 670. The van der Waals surface area contributed by atoms with E-state index in [4.69, 9.17) is 4.74 Å². The summed E-state index contributed by atoms with van der Waals surface area (Å²) in [6.45, 7) is 7.26. The van der Waals surface area contributed by atoms with Crippen LogP contribution in [0.15, 0.2) is 60.7 Å². The van der Waals surface area contributed by atoms with Crippen molar-refractivity contribution in [3.8, 4) is 0 Å². The first-order valence-electron chi connectivity index (χ1n) is 9.26. The highest BCUT2D eigenvalue weighted by Gasteiger charge is 2.35. The summed E-state index contributed by atoms with van der Waals surface area (Å²) in [5.74, 6) is 0. The number of rotatable bonds is 5. The van der Waals surface area contributed by atoms with E-state index >= 15 is 0 Å². The van der Waals surface area contributed by atoms with E-state index in [1.54, 1.807) is 0 Å².